The van der Waals surface area contributed by atoms with E-state index in [1.54, 1.807) is 0 Å². The van der Waals surface area contributed by atoms with E-state index >= 15 is 0 Å². The van der Waals surface area contributed by atoms with Gasteiger partial charge in [-0.1, -0.05) is 0 Å². The number of amides is 1. The molecule has 0 unspecified atom stereocenters. The molecule has 0 heterocycles. The second kappa shape index (κ2) is 7.29. The highest BCUT2D eigenvalue weighted by Crippen LogP contribution is 2.27. The van der Waals surface area contributed by atoms with Crippen LogP contribution in [-0.2, 0) is 9.57 Å². The number of carbonyl (C=O) groups is 1. The molecule has 0 aromatic heterocycles. The van der Waals surface area contributed by atoms with Crippen molar-refractivity contribution in [2.45, 2.75) is 0 Å². The highest BCUT2D eigenvalue weighted by molar-refractivity contribution is 5.94. The Bertz CT molecular complexity index is 462. The van der Waals surface area contributed by atoms with Gasteiger partial charge < -0.3 is 9.47 Å². The van der Waals surface area contributed by atoms with E-state index in [-0.39, 0.29) is 23.6 Å². The summed E-state index contributed by atoms with van der Waals surface area (Å²) in [5.74, 6) is -0.497. The summed E-state index contributed by atoms with van der Waals surface area (Å²) in [7, 11) is 2.81. The largest absolute Gasteiger partial charge is 0.490 e. The van der Waals surface area contributed by atoms with Gasteiger partial charge in [0.15, 0.2) is 5.75 Å². The molecule has 0 aliphatic heterocycles. The predicted octanol–water partition coefficient (Wildman–Crippen LogP) is 0.911. The topological polar surface area (TPSA) is 99.9 Å². The highest BCUT2D eigenvalue weighted by atomic mass is 16.7. The van der Waals surface area contributed by atoms with E-state index in [1.165, 1.54) is 26.4 Å². The SMILES string of the molecule is COCCONC(=O)c1ccc(OC)c([N+](=O)[O-])c1. The quantitative estimate of drug-likeness (QED) is 0.449. The molecule has 8 heteroatoms. The van der Waals surface area contributed by atoms with Crippen LogP contribution < -0.4 is 10.2 Å². The summed E-state index contributed by atoms with van der Waals surface area (Å²) < 4.78 is 9.56. The fraction of sp³-hybridized carbons (Fsp3) is 0.364. The summed E-state index contributed by atoms with van der Waals surface area (Å²) in [6.45, 7) is 0.504. The maximum atomic E-state index is 11.6. The molecule has 1 aromatic rings. The number of hydrogen-bond acceptors (Lipinski definition) is 6. The first-order valence-corrected chi connectivity index (χ1v) is 5.33. The van der Waals surface area contributed by atoms with Crippen LogP contribution in [0.2, 0.25) is 0 Å². The molecule has 0 spiro atoms. The number of nitrogens with one attached hydrogen (secondary N) is 1. The van der Waals surface area contributed by atoms with Crippen molar-refractivity contribution in [1.29, 1.82) is 0 Å². The smallest absolute Gasteiger partial charge is 0.311 e. The van der Waals surface area contributed by atoms with Crippen molar-refractivity contribution >= 4 is 11.6 Å². The van der Waals surface area contributed by atoms with Crippen molar-refractivity contribution < 1.29 is 24.0 Å². The first-order valence-electron chi connectivity index (χ1n) is 5.33. The molecule has 0 atom stereocenters. The molecule has 1 aromatic carbocycles. The van der Waals surface area contributed by atoms with Crippen LogP contribution in [0.25, 0.3) is 0 Å². The third kappa shape index (κ3) is 4.19. The highest BCUT2D eigenvalue weighted by Gasteiger charge is 2.18. The second-order valence-corrected chi connectivity index (χ2v) is 3.42. The van der Waals surface area contributed by atoms with Crippen molar-refractivity contribution in [1.82, 2.24) is 5.48 Å². The summed E-state index contributed by atoms with van der Waals surface area (Å²) in [5, 5.41) is 10.8. The second-order valence-electron chi connectivity index (χ2n) is 3.42. The van der Waals surface area contributed by atoms with E-state index in [4.69, 9.17) is 14.3 Å². The van der Waals surface area contributed by atoms with Gasteiger partial charge in [-0.15, -0.1) is 0 Å². The third-order valence-electron chi connectivity index (χ3n) is 2.19. The van der Waals surface area contributed by atoms with Crippen LogP contribution in [0, 0.1) is 10.1 Å². The molecule has 19 heavy (non-hydrogen) atoms. The first-order chi connectivity index (χ1) is 9.10. The van der Waals surface area contributed by atoms with Gasteiger partial charge in [-0.05, 0) is 12.1 Å². The van der Waals surface area contributed by atoms with Crippen LogP contribution in [0.15, 0.2) is 18.2 Å². The van der Waals surface area contributed by atoms with Gasteiger partial charge in [0.1, 0.15) is 0 Å². The Labute approximate surface area is 109 Å². The van der Waals surface area contributed by atoms with E-state index in [9.17, 15) is 14.9 Å². The molecule has 0 aliphatic carbocycles. The number of hydrogen-bond donors (Lipinski definition) is 1. The van der Waals surface area contributed by atoms with Crippen molar-refractivity contribution in [2.75, 3.05) is 27.4 Å². The molecule has 1 amide bonds. The Morgan fingerprint density at radius 2 is 2.11 bits per heavy atom. The van der Waals surface area contributed by atoms with E-state index < -0.39 is 10.8 Å². The molecule has 0 radical (unpaired) electrons. The minimum atomic E-state index is -0.624. The lowest BCUT2D eigenvalue weighted by atomic mass is 10.2. The van der Waals surface area contributed by atoms with Gasteiger partial charge in [-0.2, -0.15) is 0 Å². The van der Waals surface area contributed by atoms with Gasteiger partial charge >= 0.3 is 5.69 Å². The molecular weight excluding hydrogens is 256 g/mol. The van der Waals surface area contributed by atoms with Crippen molar-refractivity contribution in [2.24, 2.45) is 0 Å². The standard InChI is InChI=1S/C11H14N2O6/c1-17-5-6-19-12-11(14)8-3-4-10(18-2)9(7-8)13(15)16/h3-4,7H,5-6H2,1-2H3,(H,12,14). The minimum Gasteiger partial charge on any atom is -0.490 e. The van der Waals surface area contributed by atoms with Crippen molar-refractivity contribution in [3.8, 4) is 5.75 Å². The van der Waals surface area contributed by atoms with Crippen LogP contribution in [-0.4, -0.2) is 38.3 Å². The summed E-state index contributed by atoms with van der Waals surface area (Å²) in [6.07, 6.45) is 0. The minimum absolute atomic E-state index is 0.0850. The fourth-order valence-corrected chi connectivity index (χ4v) is 1.27. The summed E-state index contributed by atoms with van der Waals surface area (Å²) in [4.78, 5) is 26.6. The van der Waals surface area contributed by atoms with Gasteiger partial charge in [0.25, 0.3) is 5.91 Å². The predicted molar refractivity (Wildman–Crippen MR) is 64.9 cm³/mol. The van der Waals surface area contributed by atoms with Crippen LogP contribution in [0.1, 0.15) is 10.4 Å². The number of hydroxylamine groups is 1. The number of nitro benzene ring substituents is 1. The van der Waals surface area contributed by atoms with Gasteiger partial charge in [-0.3, -0.25) is 19.7 Å². The average Bonchev–Trinajstić information content (AvgIpc) is 2.42. The lowest BCUT2D eigenvalue weighted by Gasteiger charge is -2.06. The average molecular weight is 270 g/mol. The molecule has 0 fully saturated rings. The molecule has 1 N–H and O–H groups in total. The Morgan fingerprint density at radius 3 is 2.68 bits per heavy atom. The van der Waals surface area contributed by atoms with Crippen LogP contribution in [0.4, 0.5) is 5.69 Å². The lowest BCUT2D eigenvalue weighted by molar-refractivity contribution is -0.385. The Balaban J connectivity index is 2.75. The fourth-order valence-electron chi connectivity index (χ4n) is 1.27. The molecule has 104 valence electrons. The molecule has 0 bridgehead atoms. The zero-order chi connectivity index (χ0) is 14.3. The Hall–Kier alpha value is -2.19. The van der Waals surface area contributed by atoms with Gasteiger partial charge in [0.05, 0.1) is 25.2 Å². The van der Waals surface area contributed by atoms with E-state index in [0.717, 1.165) is 6.07 Å². The van der Waals surface area contributed by atoms with Crippen LogP contribution in [0.3, 0.4) is 0 Å². The van der Waals surface area contributed by atoms with Gasteiger partial charge in [0, 0.05) is 18.7 Å². The summed E-state index contributed by atoms with van der Waals surface area (Å²) >= 11 is 0. The summed E-state index contributed by atoms with van der Waals surface area (Å²) in [5.41, 5.74) is 1.97. The first kappa shape index (κ1) is 14.9. The van der Waals surface area contributed by atoms with Crippen molar-refractivity contribution in [3.05, 3.63) is 33.9 Å². The monoisotopic (exact) mass is 270 g/mol. The molecule has 0 saturated carbocycles. The normalized spacial score (nSPS) is 10.0. The zero-order valence-corrected chi connectivity index (χ0v) is 10.5. The van der Waals surface area contributed by atoms with Crippen LogP contribution in [0.5, 0.6) is 5.75 Å². The number of benzene rings is 1. The van der Waals surface area contributed by atoms with E-state index in [0.29, 0.717) is 6.61 Å². The maximum absolute atomic E-state index is 11.6. The zero-order valence-electron chi connectivity index (χ0n) is 10.5. The molecular formula is C11H14N2O6. The summed E-state index contributed by atoms with van der Waals surface area (Å²) in [6, 6.07) is 3.87. The maximum Gasteiger partial charge on any atom is 0.311 e. The molecule has 1 rings (SSSR count). The van der Waals surface area contributed by atoms with Crippen molar-refractivity contribution in [3.63, 3.8) is 0 Å². The Kier molecular flexibility index (Phi) is 5.71. The van der Waals surface area contributed by atoms with Gasteiger partial charge in [0.2, 0.25) is 0 Å². The number of ether oxygens (including phenoxy) is 2. The number of carbonyl (C=O) groups excluding carboxylic acids is 1. The lowest BCUT2D eigenvalue weighted by Crippen LogP contribution is -2.25. The number of nitrogens with zero attached hydrogens (tertiary/aromatic N) is 1. The molecule has 8 nitrogen and oxygen atoms in total. The van der Waals surface area contributed by atoms with E-state index in [2.05, 4.69) is 5.48 Å². The van der Waals surface area contributed by atoms with E-state index in [1.807, 2.05) is 0 Å². The molecule has 0 aliphatic rings. The number of nitro groups is 1. The molecule has 0 saturated heterocycles. The van der Waals surface area contributed by atoms with Crippen LogP contribution >= 0.6 is 0 Å². The Morgan fingerprint density at radius 1 is 1.37 bits per heavy atom. The van der Waals surface area contributed by atoms with Gasteiger partial charge in [-0.25, -0.2) is 5.48 Å². The number of methoxy groups -OCH3 is 2. The number of rotatable bonds is 7. The third-order valence-corrected chi connectivity index (χ3v) is 2.19.